The van der Waals surface area contributed by atoms with Crippen LogP contribution in [0.25, 0.3) is 0 Å². The predicted molar refractivity (Wildman–Crippen MR) is 145 cm³/mol. The number of ketones is 1. The van der Waals surface area contributed by atoms with Crippen LogP contribution in [0, 0.1) is 16.7 Å². The zero-order chi connectivity index (χ0) is 26.5. The molecule has 0 aromatic heterocycles. The van der Waals surface area contributed by atoms with Gasteiger partial charge < -0.3 is 9.94 Å². The quantitative estimate of drug-likeness (QED) is 0.457. The van der Waals surface area contributed by atoms with E-state index in [0.717, 1.165) is 17.5 Å². The highest BCUT2D eigenvalue weighted by atomic mass is 16.7. The Bertz CT molecular complexity index is 1090. The lowest BCUT2D eigenvalue weighted by Gasteiger charge is -2.44. The minimum Gasteiger partial charge on any atom is -0.380 e. The number of aliphatic hydroxyl groups is 1. The Morgan fingerprint density at radius 3 is 2.03 bits per heavy atom. The summed E-state index contributed by atoms with van der Waals surface area (Å²) in [5.74, 6) is -0.354. The van der Waals surface area contributed by atoms with Gasteiger partial charge in [0.1, 0.15) is 11.4 Å². The van der Waals surface area contributed by atoms with Crippen LogP contribution in [0.15, 0.2) is 85.0 Å². The Labute approximate surface area is 220 Å². The van der Waals surface area contributed by atoms with Crippen LogP contribution in [0.2, 0.25) is 0 Å². The van der Waals surface area contributed by atoms with E-state index < -0.39 is 22.4 Å². The lowest BCUT2D eigenvalue weighted by atomic mass is 9.59. The van der Waals surface area contributed by atoms with Gasteiger partial charge in [-0.2, -0.15) is 0 Å². The van der Waals surface area contributed by atoms with Gasteiger partial charge in [0.05, 0.1) is 10.8 Å². The van der Waals surface area contributed by atoms with Crippen LogP contribution in [0.5, 0.6) is 0 Å². The normalized spacial score (nSPS) is 21.1. The van der Waals surface area contributed by atoms with E-state index in [1.54, 1.807) is 5.06 Å². The van der Waals surface area contributed by atoms with Crippen molar-refractivity contribution < 1.29 is 19.5 Å². The van der Waals surface area contributed by atoms with Gasteiger partial charge in [-0.3, -0.25) is 4.79 Å². The van der Waals surface area contributed by atoms with E-state index in [2.05, 4.69) is 0 Å². The summed E-state index contributed by atoms with van der Waals surface area (Å²) in [5, 5.41) is 13.8. The maximum absolute atomic E-state index is 13.5. The Morgan fingerprint density at radius 1 is 0.973 bits per heavy atom. The van der Waals surface area contributed by atoms with Gasteiger partial charge in [-0.05, 0) is 56.6 Å². The van der Waals surface area contributed by atoms with Crippen LogP contribution in [-0.2, 0) is 20.0 Å². The third-order valence-electron chi connectivity index (χ3n) is 8.35. The number of piperidine rings is 1. The fraction of sp³-hybridized carbons (Fsp3) is 0.438. The number of nitrogens with zero attached hydrogens (tertiary/aromatic N) is 1. The van der Waals surface area contributed by atoms with E-state index in [1.807, 2.05) is 106 Å². The minimum atomic E-state index is -1.13. The monoisotopic (exact) mass is 501 g/mol. The Kier molecular flexibility index (Phi) is 8.15. The highest BCUT2D eigenvalue weighted by Gasteiger charge is 2.54. The number of Topliss-reactive ketones (excluding diaryl/α,β-unsaturated/α-hetero) is 1. The van der Waals surface area contributed by atoms with Gasteiger partial charge in [0.2, 0.25) is 0 Å². The zero-order valence-electron chi connectivity index (χ0n) is 22.2. The molecule has 37 heavy (non-hydrogen) atoms. The van der Waals surface area contributed by atoms with Crippen LogP contribution in [0.1, 0.15) is 64.0 Å². The fourth-order valence-electron chi connectivity index (χ4n) is 5.89. The van der Waals surface area contributed by atoms with Gasteiger partial charge in [-0.15, -0.1) is 5.06 Å². The number of benzene rings is 2. The third-order valence-corrected chi connectivity index (χ3v) is 8.35. The summed E-state index contributed by atoms with van der Waals surface area (Å²) >= 11 is 0. The minimum absolute atomic E-state index is 0.0378. The molecule has 1 saturated heterocycles. The molecule has 0 radical (unpaired) electrons. The van der Waals surface area contributed by atoms with E-state index in [9.17, 15) is 14.7 Å². The second-order valence-electron chi connectivity index (χ2n) is 10.8. The van der Waals surface area contributed by atoms with Gasteiger partial charge >= 0.3 is 5.97 Å². The average Bonchev–Trinajstić information content (AvgIpc) is 2.94. The maximum Gasteiger partial charge on any atom is 0.331 e. The van der Waals surface area contributed by atoms with Crippen LogP contribution < -0.4 is 0 Å². The number of rotatable bonds is 9. The number of carbonyl (C=O) groups is 2. The van der Waals surface area contributed by atoms with Crippen molar-refractivity contribution in [2.75, 3.05) is 13.1 Å². The molecule has 2 aromatic carbocycles. The molecule has 1 atom stereocenters. The third kappa shape index (κ3) is 5.07. The summed E-state index contributed by atoms with van der Waals surface area (Å²) in [7, 11) is 0. The molecule has 1 fully saturated rings. The van der Waals surface area contributed by atoms with Crippen molar-refractivity contribution in [3.8, 4) is 0 Å². The van der Waals surface area contributed by atoms with Crippen molar-refractivity contribution in [2.24, 2.45) is 16.7 Å². The molecule has 0 amide bonds. The number of hydrogen-bond donors (Lipinski definition) is 1. The molecule has 2 aromatic rings. The molecule has 1 unspecified atom stereocenters. The highest BCUT2D eigenvalue weighted by molar-refractivity contribution is 5.94. The highest BCUT2D eigenvalue weighted by Crippen LogP contribution is 2.48. The molecule has 1 heterocycles. The first-order valence-corrected chi connectivity index (χ1v) is 13.4. The van der Waals surface area contributed by atoms with Crippen molar-refractivity contribution in [2.45, 2.75) is 58.5 Å². The molecule has 5 heteroatoms. The molecule has 1 aliphatic carbocycles. The van der Waals surface area contributed by atoms with Crippen LogP contribution in [0.3, 0.4) is 0 Å². The molecule has 0 saturated carbocycles. The van der Waals surface area contributed by atoms with Crippen molar-refractivity contribution in [1.82, 2.24) is 5.06 Å². The molecule has 1 aliphatic heterocycles. The summed E-state index contributed by atoms with van der Waals surface area (Å²) in [5.41, 5.74) is -1.33. The molecule has 196 valence electrons. The van der Waals surface area contributed by atoms with E-state index in [4.69, 9.17) is 4.84 Å². The summed E-state index contributed by atoms with van der Waals surface area (Å²) in [6.07, 6.45) is 10.6. The van der Waals surface area contributed by atoms with E-state index in [0.29, 0.717) is 38.8 Å². The lowest BCUT2D eigenvalue weighted by Crippen LogP contribution is -2.51. The molecular formula is C32H39NO4. The van der Waals surface area contributed by atoms with Crippen molar-refractivity contribution >= 4 is 11.8 Å². The smallest absolute Gasteiger partial charge is 0.331 e. The largest absolute Gasteiger partial charge is 0.380 e. The summed E-state index contributed by atoms with van der Waals surface area (Å²) in [4.78, 5) is 32.7. The number of allylic oxidation sites excluding steroid dienone is 4. The standard InChI is InChI=1S/C32H39NO4/c1-4-14-28(34)31(21-12-7-13-22-31)30(2,3)29(35)37-33-23-19-27(20-24-33)32(36,25-15-8-5-9-16-25)26-17-10-6-11-18-26/h5-13,15-18,21,27,36H,4,14,19-20,22-24H2,1-3H3. The topological polar surface area (TPSA) is 66.8 Å². The van der Waals surface area contributed by atoms with Gasteiger partial charge in [-0.25, -0.2) is 4.79 Å². The first-order valence-electron chi connectivity index (χ1n) is 13.4. The first kappa shape index (κ1) is 27.0. The van der Waals surface area contributed by atoms with Crippen LogP contribution in [-0.4, -0.2) is 35.0 Å². The number of hydrogen-bond acceptors (Lipinski definition) is 5. The Hall–Kier alpha value is -3.02. The second kappa shape index (κ2) is 11.2. The van der Waals surface area contributed by atoms with Gasteiger partial charge in [0.25, 0.3) is 0 Å². The number of carbonyl (C=O) groups excluding carboxylic acids is 2. The predicted octanol–water partition coefficient (Wildman–Crippen LogP) is 5.99. The fourth-order valence-corrected chi connectivity index (χ4v) is 5.89. The molecule has 1 N–H and O–H groups in total. The Morgan fingerprint density at radius 2 is 1.54 bits per heavy atom. The lowest BCUT2D eigenvalue weighted by molar-refractivity contribution is -0.215. The SMILES string of the molecule is CCCC(=O)C1(C(C)(C)C(=O)ON2CCC(C(O)(c3ccccc3)c3ccccc3)CC2)C=CC=CC1. The van der Waals surface area contributed by atoms with Crippen molar-refractivity contribution in [3.63, 3.8) is 0 Å². The van der Waals surface area contributed by atoms with E-state index in [1.165, 1.54) is 0 Å². The molecular weight excluding hydrogens is 462 g/mol. The number of hydroxylamine groups is 2. The van der Waals surface area contributed by atoms with Crippen molar-refractivity contribution in [3.05, 3.63) is 96.1 Å². The second-order valence-corrected chi connectivity index (χ2v) is 10.8. The molecule has 0 spiro atoms. The van der Waals surface area contributed by atoms with Gasteiger partial charge in [0, 0.05) is 19.5 Å². The van der Waals surface area contributed by atoms with Crippen LogP contribution >= 0.6 is 0 Å². The summed E-state index contributed by atoms with van der Waals surface area (Å²) < 4.78 is 0. The Balaban J connectivity index is 1.49. The molecule has 0 bridgehead atoms. The molecule has 2 aliphatic rings. The van der Waals surface area contributed by atoms with Gasteiger partial charge in [-0.1, -0.05) is 91.9 Å². The van der Waals surface area contributed by atoms with E-state index in [-0.39, 0.29) is 11.7 Å². The van der Waals surface area contributed by atoms with Crippen LogP contribution in [0.4, 0.5) is 0 Å². The summed E-state index contributed by atoms with van der Waals surface area (Å²) in [6, 6.07) is 19.6. The zero-order valence-corrected chi connectivity index (χ0v) is 22.2. The first-order chi connectivity index (χ1) is 17.8. The molecule has 5 nitrogen and oxygen atoms in total. The molecule has 4 rings (SSSR count). The van der Waals surface area contributed by atoms with Crippen molar-refractivity contribution in [1.29, 1.82) is 0 Å². The average molecular weight is 502 g/mol. The van der Waals surface area contributed by atoms with Gasteiger partial charge in [0.15, 0.2) is 0 Å². The van der Waals surface area contributed by atoms with E-state index >= 15 is 0 Å². The maximum atomic E-state index is 13.5. The summed E-state index contributed by atoms with van der Waals surface area (Å²) in [6.45, 7) is 6.65.